The zero-order chi connectivity index (χ0) is 15.1. The number of halogens is 1. The third-order valence-corrected chi connectivity index (χ3v) is 2.22. The van der Waals surface area contributed by atoms with Crippen LogP contribution in [-0.4, -0.2) is 35.5 Å². The predicted molar refractivity (Wildman–Crippen MR) is 65.3 cm³/mol. The van der Waals surface area contributed by atoms with Crippen molar-refractivity contribution in [3.63, 3.8) is 0 Å². The number of nitrogens with two attached hydrogens (primary N) is 1. The first-order chi connectivity index (χ1) is 9.38. The maximum atomic E-state index is 12.6. The molecule has 0 aliphatic rings. The molecule has 20 heavy (non-hydrogen) atoms. The molecule has 0 spiro atoms. The Labute approximate surface area is 113 Å². The number of rotatable bonds is 7. The fraction of sp³-hybridized carbons (Fsp3) is 0.250. The Bertz CT molecular complexity index is 503. The van der Waals surface area contributed by atoms with Crippen molar-refractivity contribution in [3.05, 3.63) is 30.1 Å². The Morgan fingerprint density at radius 1 is 1.30 bits per heavy atom. The number of hydrogen-bond donors (Lipinski definition) is 3. The van der Waals surface area contributed by atoms with Crippen molar-refractivity contribution < 1.29 is 28.6 Å². The van der Waals surface area contributed by atoms with Crippen LogP contribution in [0.5, 0.6) is 5.75 Å². The zero-order valence-corrected chi connectivity index (χ0v) is 10.3. The standard InChI is InChI=1S/C12H13FN2O5/c13-7-1-3-8(4-2-7)20-6-11(17)15-9(12(18)19)5-10(14)16/h1-4,9H,5-6H2,(H2,14,16)(H,15,17)(H,18,19)/t9-/m1/s1. The van der Waals surface area contributed by atoms with Crippen LogP contribution < -0.4 is 15.8 Å². The number of ether oxygens (including phenoxy) is 1. The average molecular weight is 284 g/mol. The van der Waals surface area contributed by atoms with Crippen molar-refractivity contribution in [2.24, 2.45) is 5.73 Å². The summed E-state index contributed by atoms with van der Waals surface area (Å²) < 4.78 is 17.6. The monoisotopic (exact) mass is 284 g/mol. The molecule has 7 nitrogen and oxygen atoms in total. The third-order valence-electron chi connectivity index (χ3n) is 2.22. The third kappa shape index (κ3) is 5.34. The molecular formula is C12H13FN2O5. The maximum Gasteiger partial charge on any atom is 0.326 e. The number of amides is 2. The van der Waals surface area contributed by atoms with Crippen molar-refractivity contribution >= 4 is 17.8 Å². The van der Waals surface area contributed by atoms with E-state index in [0.717, 1.165) is 12.1 Å². The van der Waals surface area contributed by atoms with Crippen LogP contribution in [0.25, 0.3) is 0 Å². The Hall–Kier alpha value is -2.64. The molecule has 0 saturated heterocycles. The van der Waals surface area contributed by atoms with Crippen LogP contribution in [-0.2, 0) is 14.4 Å². The molecule has 108 valence electrons. The highest BCUT2D eigenvalue weighted by atomic mass is 19.1. The topological polar surface area (TPSA) is 119 Å². The van der Waals surface area contributed by atoms with E-state index in [0.29, 0.717) is 0 Å². The van der Waals surface area contributed by atoms with Crippen LogP contribution in [0, 0.1) is 5.82 Å². The molecule has 0 aromatic heterocycles. The lowest BCUT2D eigenvalue weighted by atomic mass is 10.2. The molecule has 0 fully saturated rings. The Morgan fingerprint density at radius 2 is 1.90 bits per heavy atom. The number of carbonyl (C=O) groups is 3. The first-order valence-electron chi connectivity index (χ1n) is 5.57. The van der Waals surface area contributed by atoms with Gasteiger partial charge >= 0.3 is 5.97 Å². The molecule has 1 aromatic rings. The molecule has 0 saturated carbocycles. The van der Waals surface area contributed by atoms with Gasteiger partial charge in [-0.3, -0.25) is 9.59 Å². The van der Waals surface area contributed by atoms with E-state index in [1.165, 1.54) is 12.1 Å². The van der Waals surface area contributed by atoms with E-state index in [-0.39, 0.29) is 5.75 Å². The Kier molecular flexibility index (Phi) is 5.45. The summed E-state index contributed by atoms with van der Waals surface area (Å²) >= 11 is 0. The lowest BCUT2D eigenvalue weighted by Crippen LogP contribution is -2.45. The van der Waals surface area contributed by atoms with E-state index in [2.05, 4.69) is 5.32 Å². The zero-order valence-electron chi connectivity index (χ0n) is 10.3. The Balaban J connectivity index is 2.47. The second kappa shape index (κ2) is 7.07. The van der Waals surface area contributed by atoms with E-state index in [1.807, 2.05) is 0 Å². The minimum atomic E-state index is -1.41. The highest BCUT2D eigenvalue weighted by Crippen LogP contribution is 2.10. The first kappa shape index (κ1) is 15.4. The molecule has 8 heteroatoms. The molecule has 0 unspecified atom stereocenters. The molecule has 0 radical (unpaired) electrons. The van der Waals surface area contributed by atoms with Gasteiger partial charge in [0.05, 0.1) is 6.42 Å². The highest BCUT2D eigenvalue weighted by Gasteiger charge is 2.22. The number of carboxylic acids is 1. The van der Waals surface area contributed by atoms with Gasteiger partial charge in [-0.05, 0) is 24.3 Å². The molecule has 0 aliphatic carbocycles. The van der Waals surface area contributed by atoms with E-state index >= 15 is 0 Å². The fourth-order valence-corrected chi connectivity index (χ4v) is 1.32. The van der Waals surface area contributed by atoms with Gasteiger partial charge in [0.25, 0.3) is 5.91 Å². The lowest BCUT2D eigenvalue weighted by Gasteiger charge is -2.13. The van der Waals surface area contributed by atoms with E-state index in [9.17, 15) is 18.8 Å². The van der Waals surface area contributed by atoms with Gasteiger partial charge in [-0.15, -0.1) is 0 Å². The van der Waals surface area contributed by atoms with Gasteiger partial charge in [0, 0.05) is 0 Å². The molecule has 0 bridgehead atoms. The summed E-state index contributed by atoms with van der Waals surface area (Å²) in [5, 5.41) is 10.9. The number of aliphatic carboxylic acids is 1. The number of carbonyl (C=O) groups excluding carboxylic acids is 2. The van der Waals surface area contributed by atoms with Crippen molar-refractivity contribution in [2.45, 2.75) is 12.5 Å². The number of nitrogens with one attached hydrogen (secondary N) is 1. The van der Waals surface area contributed by atoms with E-state index in [4.69, 9.17) is 15.6 Å². The first-order valence-corrected chi connectivity index (χ1v) is 5.57. The van der Waals surface area contributed by atoms with Gasteiger partial charge in [0.15, 0.2) is 6.61 Å². The summed E-state index contributed by atoms with van der Waals surface area (Å²) in [4.78, 5) is 32.9. The Morgan fingerprint density at radius 3 is 2.40 bits per heavy atom. The quantitative estimate of drug-likeness (QED) is 0.632. The fourth-order valence-electron chi connectivity index (χ4n) is 1.32. The van der Waals surface area contributed by atoms with Gasteiger partial charge in [0.1, 0.15) is 17.6 Å². The van der Waals surface area contributed by atoms with Gasteiger partial charge in [0.2, 0.25) is 5.91 Å². The molecule has 4 N–H and O–H groups in total. The number of primary amides is 1. The van der Waals surface area contributed by atoms with Crippen LogP contribution in [0.4, 0.5) is 4.39 Å². The summed E-state index contributed by atoms with van der Waals surface area (Å²) in [6.07, 6.45) is -0.516. The summed E-state index contributed by atoms with van der Waals surface area (Å²) in [6.45, 7) is -0.464. The van der Waals surface area contributed by atoms with Crippen LogP contribution in [0.3, 0.4) is 0 Å². The van der Waals surface area contributed by atoms with Crippen LogP contribution in [0.2, 0.25) is 0 Å². The summed E-state index contributed by atoms with van der Waals surface area (Å²) in [7, 11) is 0. The minimum absolute atomic E-state index is 0.253. The molecule has 1 rings (SSSR count). The molecule has 2 amide bonds. The lowest BCUT2D eigenvalue weighted by molar-refractivity contribution is -0.143. The predicted octanol–water partition coefficient (Wildman–Crippen LogP) is -0.351. The largest absolute Gasteiger partial charge is 0.484 e. The normalized spacial score (nSPS) is 11.4. The minimum Gasteiger partial charge on any atom is -0.484 e. The second-order valence-electron chi connectivity index (χ2n) is 3.87. The number of hydrogen-bond acceptors (Lipinski definition) is 4. The van der Waals surface area contributed by atoms with E-state index in [1.54, 1.807) is 0 Å². The van der Waals surface area contributed by atoms with Gasteiger partial charge in [-0.25, -0.2) is 9.18 Å². The summed E-state index contributed by atoms with van der Waals surface area (Å²) in [6, 6.07) is 3.54. The highest BCUT2D eigenvalue weighted by molar-refractivity contribution is 5.88. The van der Waals surface area contributed by atoms with Gasteiger partial charge in [-0.1, -0.05) is 0 Å². The summed E-state index contributed by atoms with van der Waals surface area (Å²) in [5.74, 6) is -3.16. The maximum absolute atomic E-state index is 12.6. The number of carboxylic acid groups (broad SMARTS) is 1. The van der Waals surface area contributed by atoms with Crippen molar-refractivity contribution in [2.75, 3.05) is 6.61 Å². The molecule has 1 atom stereocenters. The molecular weight excluding hydrogens is 271 g/mol. The van der Waals surface area contributed by atoms with Gasteiger partial charge < -0.3 is 20.9 Å². The average Bonchev–Trinajstić information content (AvgIpc) is 2.36. The van der Waals surface area contributed by atoms with Crippen LogP contribution in [0.15, 0.2) is 24.3 Å². The smallest absolute Gasteiger partial charge is 0.326 e. The molecule has 0 heterocycles. The van der Waals surface area contributed by atoms with Crippen molar-refractivity contribution in [1.29, 1.82) is 0 Å². The van der Waals surface area contributed by atoms with Crippen molar-refractivity contribution in [3.8, 4) is 5.75 Å². The van der Waals surface area contributed by atoms with Crippen LogP contribution >= 0.6 is 0 Å². The van der Waals surface area contributed by atoms with Crippen LogP contribution in [0.1, 0.15) is 6.42 Å². The van der Waals surface area contributed by atoms with Gasteiger partial charge in [-0.2, -0.15) is 0 Å². The molecule has 1 aromatic carbocycles. The summed E-state index contributed by atoms with van der Waals surface area (Å²) in [5.41, 5.74) is 4.87. The molecule has 0 aliphatic heterocycles. The SMILES string of the molecule is NC(=O)C[C@@H](NC(=O)COc1ccc(F)cc1)C(=O)O. The van der Waals surface area contributed by atoms with Crippen molar-refractivity contribution in [1.82, 2.24) is 5.32 Å². The number of benzene rings is 1. The van der Waals surface area contributed by atoms with E-state index < -0.39 is 42.7 Å². The second-order valence-corrected chi connectivity index (χ2v) is 3.87.